The highest BCUT2D eigenvalue weighted by Crippen LogP contribution is 2.37. The van der Waals surface area contributed by atoms with E-state index in [1.54, 1.807) is 24.3 Å². The van der Waals surface area contributed by atoms with Gasteiger partial charge >= 0.3 is 0 Å². The number of carbonyl (C=O) groups is 2. The van der Waals surface area contributed by atoms with E-state index in [9.17, 15) is 14.7 Å². The third-order valence-corrected chi connectivity index (χ3v) is 9.24. The maximum absolute atomic E-state index is 13.1. The molecule has 40 heavy (non-hydrogen) atoms. The quantitative estimate of drug-likeness (QED) is 0.199. The number of ether oxygens (including phenoxy) is 1. The van der Waals surface area contributed by atoms with Gasteiger partial charge in [0.2, 0.25) is 5.91 Å². The summed E-state index contributed by atoms with van der Waals surface area (Å²) in [6.45, 7) is 5.76. The van der Waals surface area contributed by atoms with Crippen LogP contribution in [0.1, 0.15) is 17.5 Å². The lowest BCUT2D eigenvalue weighted by atomic mass is 10.1. The van der Waals surface area contributed by atoms with Crippen LogP contribution in [0.15, 0.2) is 63.2 Å². The van der Waals surface area contributed by atoms with E-state index < -0.39 is 12.1 Å². The number of imide groups is 1. The fraction of sp³-hybridized carbons (Fsp3) is 0.444. The Balaban J connectivity index is 1.04. The number of piperazine rings is 1. The normalized spacial score (nSPS) is 23.4. The Morgan fingerprint density at radius 1 is 1.12 bits per heavy atom. The zero-order valence-corrected chi connectivity index (χ0v) is 24.4. The lowest BCUT2D eigenvalue weighted by Crippen LogP contribution is -2.54. The van der Waals surface area contributed by atoms with Gasteiger partial charge in [-0.25, -0.2) is 4.90 Å². The van der Waals surface area contributed by atoms with Crippen LogP contribution in [0.4, 0.5) is 5.69 Å². The number of hydrogen-bond acceptors (Lipinski definition) is 11. The van der Waals surface area contributed by atoms with Gasteiger partial charge in [-0.2, -0.15) is 9.51 Å². The molecular formula is C27H31ClN6O4S2. The molecule has 0 saturated carbocycles. The molecule has 3 aliphatic heterocycles. The first-order valence-electron chi connectivity index (χ1n) is 13.1. The number of carbonyl (C=O) groups excluding carboxylic acids is 2. The van der Waals surface area contributed by atoms with Gasteiger partial charge in [0.25, 0.3) is 5.91 Å². The van der Waals surface area contributed by atoms with Crippen LogP contribution < -0.4 is 4.90 Å². The van der Waals surface area contributed by atoms with Crippen molar-refractivity contribution in [3.63, 3.8) is 0 Å². The van der Waals surface area contributed by atoms with Crippen molar-refractivity contribution in [3.8, 4) is 0 Å². The molecule has 13 heteroatoms. The van der Waals surface area contributed by atoms with Crippen LogP contribution >= 0.6 is 33.4 Å². The summed E-state index contributed by atoms with van der Waals surface area (Å²) < 4.78 is 10.2. The van der Waals surface area contributed by atoms with E-state index >= 15 is 0 Å². The number of aliphatic hydroxyl groups excluding tert-OH is 1. The number of nitrogens with zero attached hydrogens (tertiary/aromatic N) is 6. The predicted octanol–water partition coefficient (Wildman–Crippen LogP) is 3.96. The van der Waals surface area contributed by atoms with Crippen molar-refractivity contribution in [2.24, 2.45) is 14.6 Å². The van der Waals surface area contributed by atoms with Crippen LogP contribution in [0.3, 0.4) is 0 Å². The highest BCUT2D eigenvalue weighted by molar-refractivity contribution is 8.77. The maximum atomic E-state index is 13.1. The van der Waals surface area contributed by atoms with E-state index in [4.69, 9.17) is 16.3 Å². The number of amidine groups is 1. The van der Waals surface area contributed by atoms with Crippen molar-refractivity contribution in [2.45, 2.75) is 37.5 Å². The first kappa shape index (κ1) is 29.2. The minimum Gasteiger partial charge on any atom is -0.389 e. The van der Waals surface area contributed by atoms with Gasteiger partial charge in [-0.15, -0.1) is 5.11 Å². The average molecular weight is 603 g/mol. The molecule has 0 aromatic heterocycles. The van der Waals surface area contributed by atoms with E-state index in [2.05, 4.69) is 24.4 Å². The summed E-state index contributed by atoms with van der Waals surface area (Å²) in [7, 11) is 2.74. The average Bonchev–Trinajstić information content (AvgIpc) is 3.52. The monoisotopic (exact) mass is 602 g/mol. The highest BCUT2D eigenvalue weighted by atomic mass is 35.5. The SMILES string of the molecule is Cc1ccccc1CN=NC1=NSSC1OC[C@H](O)CN1CCN(C2CC(=O)N(c3ccc(Cl)cc3)C2=O)CC1. The zero-order valence-electron chi connectivity index (χ0n) is 22.1. The van der Waals surface area contributed by atoms with Gasteiger partial charge in [-0.3, -0.25) is 19.4 Å². The third kappa shape index (κ3) is 7.11. The maximum Gasteiger partial charge on any atom is 0.251 e. The molecule has 3 atom stereocenters. The molecule has 5 rings (SSSR count). The number of halogens is 1. The number of hydrogen-bond donors (Lipinski definition) is 1. The van der Waals surface area contributed by atoms with Gasteiger partial charge in [0.1, 0.15) is 0 Å². The molecule has 2 unspecified atom stereocenters. The van der Waals surface area contributed by atoms with Crippen LogP contribution in [0, 0.1) is 6.92 Å². The molecule has 2 amide bonds. The first-order chi connectivity index (χ1) is 19.4. The lowest BCUT2D eigenvalue weighted by molar-refractivity contribution is -0.123. The highest BCUT2D eigenvalue weighted by Gasteiger charge is 2.43. The van der Waals surface area contributed by atoms with Crippen LogP contribution in [-0.4, -0.2) is 89.5 Å². The number of β-amino-alcohol motifs (C(OH)–C–C–N with tert-alkyl or cyclic N) is 1. The number of aliphatic hydroxyl groups is 1. The predicted molar refractivity (Wildman–Crippen MR) is 158 cm³/mol. The Labute approximate surface area is 246 Å². The molecule has 0 bridgehead atoms. The van der Waals surface area contributed by atoms with Crippen LogP contribution in [-0.2, 0) is 20.9 Å². The molecule has 0 radical (unpaired) electrons. The number of rotatable bonds is 9. The molecule has 2 aromatic rings. The van der Waals surface area contributed by atoms with Gasteiger partial charge in [0, 0.05) is 48.7 Å². The molecule has 212 valence electrons. The van der Waals surface area contributed by atoms with Crippen molar-refractivity contribution in [2.75, 3.05) is 44.2 Å². The molecule has 3 aliphatic rings. The van der Waals surface area contributed by atoms with Crippen LogP contribution in [0.2, 0.25) is 5.02 Å². The topological polar surface area (TPSA) is 110 Å². The molecule has 1 N–H and O–H groups in total. The molecular weight excluding hydrogens is 572 g/mol. The number of benzene rings is 2. The van der Waals surface area contributed by atoms with Gasteiger partial charge in [-0.05, 0) is 53.1 Å². The smallest absolute Gasteiger partial charge is 0.251 e. The molecule has 2 fully saturated rings. The lowest BCUT2D eigenvalue weighted by Gasteiger charge is -2.37. The van der Waals surface area contributed by atoms with E-state index in [1.807, 2.05) is 31.2 Å². The van der Waals surface area contributed by atoms with Gasteiger partial charge in [-0.1, -0.05) is 35.9 Å². The van der Waals surface area contributed by atoms with Gasteiger partial charge in [0.15, 0.2) is 11.3 Å². The van der Waals surface area contributed by atoms with Crippen molar-refractivity contribution in [1.29, 1.82) is 0 Å². The molecule has 0 spiro atoms. The Kier molecular flexibility index (Phi) is 9.89. The second kappa shape index (κ2) is 13.6. The van der Waals surface area contributed by atoms with E-state index in [1.165, 1.54) is 32.2 Å². The van der Waals surface area contributed by atoms with Gasteiger partial charge < -0.3 is 9.84 Å². The standard InChI is InChI=1S/C27H31ClN6O4S2/c1-18-4-2-3-5-19(18)15-29-30-25-27(39-40-31-25)38-17-22(35)16-32-10-12-33(13-11-32)23-14-24(36)34(26(23)37)21-8-6-20(28)7-9-21/h2-9,22-23,27,35H,10-17H2,1H3/t22-,23?,27?/m1/s1. The second-order valence-electron chi connectivity index (χ2n) is 9.87. The van der Waals surface area contributed by atoms with E-state index in [0.29, 0.717) is 55.8 Å². The van der Waals surface area contributed by atoms with E-state index in [-0.39, 0.29) is 30.3 Å². The summed E-state index contributed by atoms with van der Waals surface area (Å²) in [6, 6.07) is 14.3. The molecule has 3 heterocycles. The first-order valence-corrected chi connectivity index (χ1v) is 15.6. The summed E-state index contributed by atoms with van der Waals surface area (Å²) in [5, 5.41) is 19.7. The summed E-state index contributed by atoms with van der Waals surface area (Å²) in [5.74, 6) is 0.107. The Hall–Kier alpha value is -2.32. The summed E-state index contributed by atoms with van der Waals surface area (Å²) in [4.78, 5) is 31.2. The Bertz CT molecular complexity index is 1270. The summed E-state index contributed by atoms with van der Waals surface area (Å²) >= 11 is 5.95. The third-order valence-electron chi connectivity index (χ3n) is 7.11. The molecule has 10 nitrogen and oxygen atoms in total. The minimum atomic E-state index is -0.682. The number of anilines is 1. The molecule has 2 aromatic carbocycles. The molecule has 2 saturated heterocycles. The van der Waals surface area contributed by atoms with E-state index in [0.717, 1.165) is 5.56 Å². The summed E-state index contributed by atoms with van der Waals surface area (Å²) in [5.41, 5.74) is 2.44. The second-order valence-corrected chi connectivity index (χ2v) is 12.3. The number of amides is 2. The zero-order chi connectivity index (χ0) is 28.1. The number of azo groups is 1. The van der Waals surface area contributed by atoms with Crippen molar-refractivity contribution >= 4 is 56.7 Å². The van der Waals surface area contributed by atoms with Crippen LogP contribution in [0.5, 0.6) is 0 Å². The molecule has 0 aliphatic carbocycles. The number of aryl methyl sites for hydroxylation is 1. The Morgan fingerprint density at radius 3 is 2.62 bits per heavy atom. The van der Waals surface area contributed by atoms with Crippen molar-refractivity contribution in [1.82, 2.24) is 9.80 Å². The minimum absolute atomic E-state index is 0.149. The van der Waals surface area contributed by atoms with Crippen molar-refractivity contribution in [3.05, 3.63) is 64.7 Å². The Morgan fingerprint density at radius 2 is 1.88 bits per heavy atom. The fourth-order valence-corrected chi connectivity index (χ4v) is 6.75. The van der Waals surface area contributed by atoms with Crippen LogP contribution in [0.25, 0.3) is 0 Å². The largest absolute Gasteiger partial charge is 0.389 e. The van der Waals surface area contributed by atoms with Crippen molar-refractivity contribution < 1.29 is 19.4 Å². The summed E-state index contributed by atoms with van der Waals surface area (Å²) in [6.07, 6.45) is -0.515. The van der Waals surface area contributed by atoms with Gasteiger partial charge in [0.05, 0.1) is 37.4 Å². The fourth-order valence-electron chi connectivity index (χ4n) is 4.89.